The normalized spacial score (nSPS) is 18.8. The van der Waals surface area contributed by atoms with Crippen LogP contribution in [0.1, 0.15) is 393 Å². The van der Waals surface area contributed by atoms with Crippen molar-refractivity contribution >= 4 is 5.91 Å². The summed E-state index contributed by atoms with van der Waals surface area (Å²) in [6.45, 7) is 3.53. The smallest absolute Gasteiger partial charge is 0.249 e. The Morgan fingerprint density at radius 3 is 0.881 bits per heavy atom. The Labute approximate surface area is 520 Å². The van der Waals surface area contributed by atoms with Crippen molar-refractivity contribution in [1.29, 1.82) is 0 Å². The van der Waals surface area contributed by atoms with Gasteiger partial charge < -0.3 is 50.5 Å². The Balaban J connectivity index is 2.11. The van der Waals surface area contributed by atoms with Crippen molar-refractivity contribution < 1.29 is 50.0 Å². The molecule has 1 aliphatic rings. The van der Waals surface area contributed by atoms with Crippen LogP contribution < -0.4 is 5.32 Å². The zero-order valence-corrected chi connectivity index (χ0v) is 55.7. The molecule has 0 bridgehead atoms. The number of nitrogens with one attached hydrogen (secondary N) is 1. The molecule has 9 unspecified atom stereocenters. The van der Waals surface area contributed by atoms with E-state index in [1.807, 2.05) is 0 Å². The topological polar surface area (TPSA) is 189 Å². The second-order valence-corrected chi connectivity index (χ2v) is 26.7. The lowest BCUT2D eigenvalue weighted by molar-refractivity contribution is -0.303. The maximum atomic E-state index is 13.3. The van der Waals surface area contributed by atoms with E-state index in [9.17, 15) is 40.5 Å². The molecule has 1 saturated heterocycles. The summed E-state index contributed by atoms with van der Waals surface area (Å²) in [5, 5.41) is 76.6. The molecule has 0 aromatic heterocycles. The lowest BCUT2D eigenvalue weighted by Crippen LogP contribution is -2.60. The Morgan fingerprint density at radius 1 is 0.369 bits per heavy atom. The van der Waals surface area contributed by atoms with E-state index in [0.29, 0.717) is 19.3 Å². The van der Waals surface area contributed by atoms with Gasteiger partial charge in [0.15, 0.2) is 6.29 Å². The molecule has 0 aromatic rings. The summed E-state index contributed by atoms with van der Waals surface area (Å²) in [6.07, 6.45) is 64.9. The Kier molecular flexibility index (Phi) is 60.2. The van der Waals surface area contributed by atoms with E-state index < -0.39 is 74.2 Å². The number of rotatable bonds is 67. The molecule has 502 valence electrons. The first kappa shape index (κ1) is 81.1. The molecule has 1 heterocycles. The fraction of sp³-hybridized carbons (Fsp3) is 0.986. The minimum Gasteiger partial charge on any atom is -0.394 e. The maximum absolute atomic E-state index is 13.3. The Morgan fingerprint density at radius 2 is 0.619 bits per heavy atom. The van der Waals surface area contributed by atoms with Crippen molar-refractivity contribution in [3.63, 3.8) is 0 Å². The number of hydrogen-bond donors (Lipinski definition) is 8. The molecule has 1 aliphatic heterocycles. The second kappa shape index (κ2) is 62.3. The van der Waals surface area contributed by atoms with Crippen molar-refractivity contribution in [2.75, 3.05) is 13.2 Å². The van der Waals surface area contributed by atoms with E-state index in [2.05, 4.69) is 19.2 Å². The summed E-state index contributed by atoms with van der Waals surface area (Å²) >= 11 is 0. The number of hydrogen-bond acceptors (Lipinski definition) is 10. The Hall–Kier alpha value is -0.890. The summed E-state index contributed by atoms with van der Waals surface area (Å²) in [5.41, 5.74) is 0. The molecule has 0 radical (unpaired) electrons. The van der Waals surface area contributed by atoms with Crippen LogP contribution in [0.3, 0.4) is 0 Å². The van der Waals surface area contributed by atoms with Crippen molar-refractivity contribution in [3.8, 4) is 0 Å². The van der Waals surface area contributed by atoms with E-state index in [1.165, 1.54) is 315 Å². The molecule has 11 heteroatoms. The van der Waals surface area contributed by atoms with Crippen LogP contribution in [0.15, 0.2) is 0 Å². The van der Waals surface area contributed by atoms with Gasteiger partial charge in [0.1, 0.15) is 36.6 Å². The second-order valence-electron chi connectivity index (χ2n) is 26.7. The molecule has 0 spiro atoms. The first-order chi connectivity index (χ1) is 41.2. The van der Waals surface area contributed by atoms with Gasteiger partial charge in [0.05, 0.1) is 25.4 Å². The van der Waals surface area contributed by atoms with Crippen LogP contribution in [0.5, 0.6) is 0 Å². The molecule has 0 aliphatic carbocycles. The number of ether oxygens (including phenoxy) is 2. The standard InChI is InChI=1S/C73H145NO10/c1-3-5-7-9-11-13-15-17-19-21-23-25-26-27-28-29-30-31-32-33-34-35-36-37-38-39-41-43-45-47-49-51-53-55-57-59-61-66(77)72(82)74-64(63-83-73-71(81)70(80)69(79)67(62-75)84-73)68(78)65(76)60-58-56-54-52-50-48-46-44-42-40-24-22-20-18-16-14-12-10-8-6-4-2/h64-71,73,75-81H,3-63H2,1-2H3,(H,74,82). The SMILES string of the molecule is CCCCCCCCCCCCCCCCCCCCCCCCCCCCCCCCCCCCCCC(O)C(=O)NC(COC1OC(CO)C(O)C(O)C1O)C(O)C(O)CCCCCCCCCCCCCCCCCCCCCCC. The number of unbranched alkanes of at least 4 members (excludes halogenated alkanes) is 55. The first-order valence-electron chi connectivity index (χ1n) is 37.4. The first-order valence-corrected chi connectivity index (χ1v) is 37.4. The highest BCUT2D eigenvalue weighted by Gasteiger charge is 2.44. The molecule has 8 N–H and O–H groups in total. The van der Waals surface area contributed by atoms with E-state index in [0.717, 1.165) is 38.5 Å². The van der Waals surface area contributed by atoms with Crippen LogP contribution >= 0.6 is 0 Å². The van der Waals surface area contributed by atoms with Gasteiger partial charge in [-0.05, 0) is 12.8 Å². The van der Waals surface area contributed by atoms with Gasteiger partial charge in [-0.15, -0.1) is 0 Å². The van der Waals surface area contributed by atoms with Gasteiger partial charge >= 0.3 is 0 Å². The third-order valence-corrected chi connectivity index (χ3v) is 18.7. The maximum Gasteiger partial charge on any atom is 0.249 e. The molecule has 1 amide bonds. The summed E-state index contributed by atoms with van der Waals surface area (Å²) < 4.78 is 11.2. The summed E-state index contributed by atoms with van der Waals surface area (Å²) in [7, 11) is 0. The minimum atomic E-state index is -1.66. The van der Waals surface area contributed by atoms with Crippen molar-refractivity contribution in [2.45, 2.75) is 448 Å². The van der Waals surface area contributed by atoms with Crippen molar-refractivity contribution in [3.05, 3.63) is 0 Å². The zero-order valence-electron chi connectivity index (χ0n) is 55.7. The fourth-order valence-corrected chi connectivity index (χ4v) is 12.7. The van der Waals surface area contributed by atoms with E-state index in [4.69, 9.17) is 9.47 Å². The predicted octanol–water partition coefficient (Wildman–Crippen LogP) is 18.4. The van der Waals surface area contributed by atoms with Crippen LogP contribution in [0.25, 0.3) is 0 Å². The summed E-state index contributed by atoms with van der Waals surface area (Å²) in [6, 6.07) is -1.16. The van der Waals surface area contributed by atoms with Gasteiger partial charge in [-0.3, -0.25) is 4.79 Å². The van der Waals surface area contributed by atoms with Crippen LogP contribution in [0.2, 0.25) is 0 Å². The van der Waals surface area contributed by atoms with Crippen LogP contribution in [-0.4, -0.2) is 110 Å². The van der Waals surface area contributed by atoms with E-state index in [1.54, 1.807) is 0 Å². The molecule has 0 aromatic carbocycles. The molecular weight excluding hydrogens is 1050 g/mol. The lowest BCUT2D eigenvalue weighted by Gasteiger charge is -2.40. The van der Waals surface area contributed by atoms with E-state index in [-0.39, 0.29) is 6.42 Å². The molecule has 11 nitrogen and oxygen atoms in total. The number of aliphatic hydroxyl groups excluding tert-OH is 7. The summed E-state index contributed by atoms with van der Waals surface area (Å²) in [5.74, 6) is -0.686. The molecule has 0 saturated carbocycles. The van der Waals surface area contributed by atoms with Crippen LogP contribution in [0, 0.1) is 0 Å². The van der Waals surface area contributed by atoms with Gasteiger partial charge in [0.25, 0.3) is 0 Å². The molecule has 84 heavy (non-hydrogen) atoms. The quantitative estimate of drug-likeness (QED) is 0.0272. The van der Waals surface area contributed by atoms with Crippen molar-refractivity contribution in [2.24, 2.45) is 0 Å². The molecular formula is C73H145NO10. The number of carbonyl (C=O) groups excluding carboxylic acids is 1. The third kappa shape index (κ3) is 49.0. The van der Waals surface area contributed by atoms with Gasteiger partial charge in [0.2, 0.25) is 5.91 Å². The minimum absolute atomic E-state index is 0.268. The fourth-order valence-electron chi connectivity index (χ4n) is 12.7. The lowest BCUT2D eigenvalue weighted by atomic mass is 9.98. The highest BCUT2D eigenvalue weighted by atomic mass is 16.7. The number of aliphatic hydroxyl groups is 7. The van der Waals surface area contributed by atoms with Gasteiger partial charge in [-0.25, -0.2) is 0 Å². The van der Waals surface area contributed by atoms with Crippen molar-refractivity contribution in [1.82, 2.24) is 5.32 Å². The average molecular weight is 1200 g/mol. The van der Waals surface area contributed by atoms with Gasteiger partial charge in [-0.2, -0.15) is 0 Å². The molecule has 9 atom stereocenters. The monoisotopic (exact) mass is 1200 g/mol. The average Bonchev–Trinajstić information content (AvgIpc) is 3.67. The zero-order chi connectivity index (χ0) is 61.0. The molecule has 1 fully saturated rings. The van der Waals surface area contributed by atoms with Crippen LogP contribution in [-0.2, 0) is 14.3 Å². The van der Waals surface area contributed by atoms with E-state index >= 15 is 0 Å². The largest absolute Gasteiger partial charge is 0.394 e. The number of amides is 1. The highest BCUT2D eigenvalue weighted by Crippen LogP contribution is 2.24. The van der Waals surface area contributed by atoms with Gasteiger partial charge in [0, 0.05) is 0 Å². The summed E-state index contributed by atoms with van der Waals surface area (Å²) in [4.78, 5) is 13.3. The predicted molar refractivity (Wildman–Crippen MR) is 353 cm³/mol. The molecule has 1 rings (SSSR count). The Bertz CT molecular complexity index is 1330. The van der Waals surface area contributed by atoms with Crippen LogP contribution in [0.4, 0.5) is 0 Å². The highest BCUT2D eigenvalue weighted by molar-refractivity contribution is 5.80. The van der Waals surface area contributed by atoms with Gasteiger partial charge in [-0.1, -0.05) is 380 Å². The number of carbonyl (C=O) groups is 1. The third-order valence-electron chi connectivity index (χ3n) is 18.7.